The number of aromatic nitrogens is 3. The maximum atomic E-state index is 12.2. The van der Waals surface area contributed by atoms with Crippen LogP contribution in [0.4, 0.5) is 17.3 Å². The SMILES string of the molecule is CCSc1n[nH]c(NC(=O)c2cc([N+](=O)[O-])c(C)c([N+](=O)[O-])c2)n1. The van der Waals surface area contributed by atoms with Crippen LogP contribution < -0.4 is 5.32 Å². The molecule has 24 heavy (non-hydrogen) atoms. The second-order valence-corrected chi connectivity index (χ2v) is 5.74. The molecule has 0 fully saturated rings. The van der Waals surface area contributed by atoms with Gasteiger partial charge in [-0.1, -0.05) is 18.7 Å². The van der Waals surface area contributed by atoms with Crippen LogP contribution in [0.1, 0.15) is 22.8 Å². The smallest absolute Gasteiger partial charge is 0.279 e. The van der Waals surface area contributed by atoms with E-state index in [-0.39, 0.29) is 17.1 Å². The normalized spacial score (nSPS) is 10.4. The summed E-state index contributed by atoms with van der Waals surface area (Å²) >= 11 is 1.35. The molecule has 0 bridgehead atoms. The molecule has 12 heteroatoms. The molecule has 11 nitrogen and oxygen atoms in total. The minimum absolute atomic E-state index is 0.0434. The first-order valence-electron chi connectivity index (χ1n) is 6.63. The average molecular weight is 352 g/mol. The lowest BCUT2D eigenvalue weighted by atomic mass is 10.1. The first-order valence-corrected chi connectivity index (χ1v) is 7.62. The van der Waals surface area contributed by atoms with Crippen molar-refractivity contribution in [3.8, 4) is 0 Å². The second-order valence-electron chi connectivity index (χ2n) is 4.51. The lowest BCUT2D eigenvalue weighted by Gasteiger charge is -2.04. The summed E-state index contributed by atoms with van der Waals surface area (Å²) < 4.78 is 0. The van der Waals surface area contributed by atoms with Crippen LogP contribution in [0.3, 0.4) is 0 Å². The molecular formula is C12H12N6O5S. The van der Waals surface area contributed by atoms with Crippen LogP contribution in [-0.4, -0.2) is 36.7 Å². The van der Waals surface area contributed by atoms with Crippen molar-refractivity contribution < 1.29 is 14.6 Å². The molecular weight excluding hydrogens is 340 g/mol. The molecule has 0 aliphatic heterocycles. The largest absolute Gasteiger partial charge is 0.291 e. The van der Waals surface area contributed by atoms with Gasteiger partial charge in [-0.25, -0.2) is 5.10 Å². The fourth-order valence-corrected chi connectivity index (χ4v) is 2.39. The number of nitro groups is 2. The third kappa shape index (κ3) is 3.65. The fraction of sp³-hybridized carbons (Fsp3) is 0.250. The molecule has 0 aliphatic carbocycles. The number of thioether (sulfide) groups is 1. The first-order chi connectivity index (χ1) is 11.3. The molecule has 126 valence electrons. The van der Waals surface area contributed by atoms with E-state index in [2.05, 4.69) is 20.5 Å². The van der Waals surface area contributed by atoms with E-state index in [0.29, 0.717) is 5.16 Å². The number of aromatic amines is 1. The Morgan fingerprint density at radius 2 is 1.88 bits per heavy atom. The van der Waals surface area contributed by atoms with Gasteiger partial charge in [0.1, 0.15) is 5.56 Å². The van der Waals surface area contributed by atoms with Crippen molar-refractivity contribution in [3.05, 3.63) is 43.5 Å². The molecule has 0 spiro atoms. The number of nitro benzene ring substituents is 2. The number of anilines is 1. The summed E-state index contributed by atoms with van der Waals surface area (Å²) in [4.78, 5) is 36.7. The summed E-state index contributed by atoms with van der Waals surface area (Å²) in [6.07, 6.45) is 0. The van der Waals surface area contributed by atoms with Gasteiger partial charge in [0.15, 0.2) is 0 Å². The molecule has 1 aromatic heterocycles. The number of rotatable bonds is 6. The van der Waals surface area contributed by atoms with Gasteiger partial charge in [0.25, 0.3) is 17.3 Å². The van der Waals surface area contributed by atoms with Gasteiger partial charge >= 0.3 is 0 Å². The highest BCUT2D eigenvalue weighted by Gasteiger charge is 2.25. The Kier molecular flexibility index (Phi) is 5.08. The number of nitrogens with zero attached hydrogens (tertiary/aromatic N) is 4. The maximum absolute atomic E-state index is 12.2. The zero-order valence-corrected chi connectivity index (χ0v) is 13.4. The quantitative estimate of drug-likeness (QED) is 0.455. The summed E-state index contributed by atoms with van der Waals surface area (Å²) in [5.74, 6) is 0.00827. The number of amides is 1. The highest BCUT2D eigenvalue weighted by Crippen LogP contribution is 2.29. The van der Waals surface area contributed by atoms with Gasteiger partial charge in [0.2, 0.25) is 11.1 Å². The summed E-state index contributed by atoms with van der Waals surface area (Å²) in [5.41, 5.74) is -1.36. The Balaban J connectivity index is 2.34. The summed E-state index contributed by atoms with van der Waals surface area (Å²) in [7, 11) is 0. The molecule has 2 N–H and O–H groups in total. The van der Waals surface area contributed by atoms with Crippen molar-refractivity contribution in [2.24, 2.45) is 0 Å². The predicted molar refractivity (Wildman–Crippen MR) is 85.2 cm³/mol. The summed E-state index contributed by atoms with van der Waals surface area (Å²) in [5, 5.41) is 31.2. The van der Waals surface area contributed by atoms with Crippen LogP contribution in [0, 0.1) is 27.2 Å². The maximum Gasteiger partial charge on any atom is 0.279 e. The van der Waals surface area contributed by atoms with Crippen LogP contribution in [0.15, 0.2) is 17.3 Å². The van der Waals surface area contributed by atoms with Crippen molar-refractivity contribution in [2.75, 3.05) is 11.1 Å². The van der Waals surface area contributed by atoms with Crippen LogP contribution in [0.2, 0.25) is 0 Å². The first kappa shape index (κ1) is 17.3. The van der Waals surface area contributed by atoms with Crippen molar-refractivity contribution in [1.29, 1.82) is 0 Å². The number of carbonyl (C=O) groups is 1. The lowest BCUT2D eigenvalue weighted by molar-refractivity contribution is -0.395. The Morgan fingerprint density at radius 1 is 1.29 bits per heavy atom. The van der Waals surface area contributed by atoms with E-state index >= 15 is 0 Å². The van der Waals surface area contributed by atoms with Crippen LogP contribution in [0.5, 0.6) is 0 Å². The highest BCUT2D eigenvalue weighted by atomic mass is 32.2. The third-order valence-electron chi connectivity index (χ3n) is 2.98. The molecule has 0 saturated heterocycles. The standard InChI is InChI=1S/C12H12N6O5S/c1-3-24-12-14-11(15-16-12)13-10(19)7-4-8(17(20)21)6(2)9(5-7)18(22)23/h4-5H,3H2,1-2H3,(H2,13,14,15,16,19). The van der Waals surface area contributed by atoms with Gasteiger partial charge in [-0.15, -0.1) is 5.10 Å². The van der Waals surface area contributed by atoms with Gasteiger partial charge in [-0.2, -0.15) is 4.98 Å². The fourth-order valence-electron chi connectivity index (χ4n) is 1.87. The van der Waals surface area contributed by atoms with Gasteiger partial charge < -0.3 is 0 Å². The monoisotopic (exact) mass is 352 g/mol. The van der Waals surface area contributed by atoms with Crippen molar-refractivity contribution in [1.82, 2.24) is 15.2 Å². The highest BCUT2D eigenvalue weighted by molar-refractivity contribution is 7.99. The molecule has 0 unspecified atom stereocenters. The number of benzene rings is 1. The van der Waals surface area contributed by atoms with E-state index in [4.69, 9.17) is 0 Å². The van der Waals surface area contributed by atoms with Crippen molar-refractivity contribution >= 4 is 35.0 Å². The zero-order chi connectivity index (χ0) is 17.9. The summed E-state index contributed by atoms with van der Waals surface area (Å²) in [6.45, 7) is 3.16. The minimum Gasteiger partial charge on any atom is -0.291 e. The van der Waals surface area contributed by atoms with Gasteiger partial charge in [-0.05, 0) is 12.7 Å². The van der Waals surface area contributed by atoms with E-state index in [0.717, 1.165) is 17.9 Å². The third-order valence-corrected chi connectivity index (χ3v) is 3.71. The molecule has 2 aromatic rings. The molecule has 2 rings (SSSR count). The average Bonchev–Trinajstić information content (AvgIpc) is 2.94. The second kappa shape index (κ2) is 7.04. The van der Waals surface area contributed by atoms with E-state index in [1.807, 2.05) is 6.92 Å². The minimum atomic E-state index is -0.774. The van der Waals surface area contributed by atoms with Crippen molar-refractivity contribution in [3.63, 3.8) is 0 Å². The van der Waals surface area contributed by atoms with Crippen LogP contribution >= 0.6 is 11.8 Å². The van der Waals surface area contributed by atoms with Gasteiger partial charge in [-0.3, -0.25) is 30.3 Å². The predicted octanol–water partition coefficient (Wildman–Crippen LogP) is 2.29. The number of carbonyl (C=O) groups excluding carboxylic acids is 1. The number of H-pyrrole nitrogens is 1. The van der Waals surface area contributed by atoms with Crippen LogP contribution in [0.25, 0.3) is 0 Å². The van der Waals surface area contributed by atoms with E-state index in [9.17, 15) is 25.0 Å². The van der Waals surface area contributed by atoms with Crippen LogP contribution in [-0.2, 0) is 0 Å². The Morgan fingerprint density at radius 3 is 2.38 bits per heavy atom. The topological polar surface area (TPSA) is 157 Å². The van der Waals surface area contributed by atoms with Gasteiger partial charge in [0, 0.05) is 12.1 Å². The molecule has 1 heterocycles. The Labute approximate surface area is 139 Å². The molecule has 1 amide bonds. The van der Waals surface area contributed by atoms with Gasteiger partial charge in [0.05, 0.1) is 15.4 Å². The Bertz CT molecular complexity index is 785. The number of hydrogen-bond acceptors (Lipinski definition) is 8. The molecule has 0 radical (unpaired) electrons. The zero-order valence-electron chi connectivity index (χ0n) is 12.6. The van der Waals surface area contributed by atoms with E-state index in [1.165, 1.54) is 18.7 Å². The van der Waals surface area contributed by atoms with E-state index in [1.54, 1.807) is 0 Å². The molecule has 1 aromatic carbocycles. The molecule has 0 saturated carbocycles. The number of hydrogen-bond donors (Lipinski definition) is 2. The van der Waals surface area contributed by atoms with Crippen molar-refractivity contribution in [2.45, 2.75) is 19.0 Å². The molecule has 0 aliphatic rings. The van der Waals surface area contributed by atoms with E-state index < -0.39 is 27.1 Å². The lowest BCUT2D eigenvalue weighted by Crippen LogP contribution is -2.14. The Hall–Kier alpha value is -3.02. The molecule has 0 atom stereocenters. The number of nitrogens with one attached hydrogen (secondary N) is 2. The summed E-state index contributed by atoms with van der Waals surface area (Å²) in [6, 6.07) is 1.96.